The lowest BCUT2D eigenvalue weighted by Gasteiger charge is -2.16. The lowest BCUT2D eigenvalue weighted by atomic mass is 9.95. The molecule has 0 N–H and O–H groups in total. The van der Waals surface area contributed by atoms with Gasteiger partial charge < -0.3 is 0 Å². The number of alkyl halides is 1. The fourth-order valence-corrected chi connectivity index (χ4v) is 3.08. The van der Waals surface area contributed by atoms with Gasteiger partial charge in [-0.2, -0.15) is 0 Å². The van der Waals surface area contributed by atoms with Crippen LogP contribution in [0.15, 0.2) is 30.3 Å². The van der Waals surface area contributed by atoms with Crippen LogP contribution in [0.2, 0.25) is 5.02 Å². The van der Waals surface area contributed by atoms with E-state index in [2.05, 4.69) is 45.0 Å². The van der Waals surface area contributed by atoms with E-state index in [0.717, 1.165) is 22.6 Å². The molecule has 0 fully saturated rings. The van der Waals surface area contributed by atoms with Gasteiger partial charge in [-0.05, 0) is 68.0 Å². The summed E-state index contributed by atoms with van der Waals surface area (Å²) in [6, 6.07) is 10.6. The first-order valence-corrected chi connectivity index (χ1v) is 7.66. The molecule has 2 aromatic carbocycles. The lowest BCUT2D eigenvalue weighted by molar-refractivity contribution is 0.898. The van der Waals surface area contributed by atoms with Gasteiger partial charge in [-0.1, -0.05) is 41.4 Å². The average molecular weight is 307 g/mol. The molecule has 1 unspecified atom stereocenters. The van der Waals surface area contributed by atoms with E-state index in [-0.39, 0.29) is 5.38 Å². The molecule has 0 bridgehead atoms. The molecule has 0 aliphatic carbocycles. The van der Waals surface area contributed by atoms with E-state index in [1.807, 2.05) is 13.0 Å². The fourth-order valence-electron chi connectivity index (χ4n) is 2.46. The second-order valence-corrected chi connectivity index (χ2v) is 6.49. The minimum Gasteiger partial charge on any atom is -0.117 e. The summed E-state index contributed by atoms with van der Waals surface area (Å²) in [4.78, 5) is 0. The second-order valence-electron chi connectivity index (χ2n) is 5.56. The van der Waals surface area contributed by atoms with Gasteiger partial charge in [-0.25, -0.2) is 0 Å². The van der Waals surface area contributed by atoms with Crippen molar-refractivity contribution in [3.8, 4) is 0 Å². The molecule has 20 heavy (non-hydrogen) atoms. The number of benzene rings is 2. The Kier molecular flexibility index (Phi) is 4.78. The maximum absolute atomic E-state index is 6.65. The molecule has 0 amide bonds. The summed E-state index contributed by atoms with van der Waals surface area (Å²) in [5, 5.41) is 0.785. The summed E-state index contributed by atoms with van der Waals surface area (Å²) >= 11 is 12.8. The van der Waals surface area contributed by atoms with Crippen molar-refractivity contribution in [1.29, 1.82) is 0 Å². The van der Waals surface area contributed by atoms with Gasteiger partial charge in [0.25, 0.3) is 0 Å². The van der Waals surface area contributed by atoms with Gasteiger partial charge in [0.2, 0.25) is 0 Å². The largest absolute Gasteiger partial charge is 0.117 e. The topological polar surface area (TPSA) is 0 Å². The monoisotopic (exact) mass is 306 g/mol. The predicted octanol–water partition coefficient (Wildman–Crippen LogP) is 6.10. The third-order valence-electron chi connectivity index (χ3n) is 3.79. The van der Waals surface area contributed by atoms with Crippen LogP contribution < -0.4 is 0 Å². The third-order valence-corrected chi connectivity index (χ3v) is 4.59. The van der Waals surface area contributed by atoms with Gasteiger partial charge in [0.05, 0.1) is 5.38 Å². The van der Waals surface area contributed by atoms with E-state index in [1.54, 1.807) is 0 Å². The zero-order chi connectivity index (χ0) is 14.9. The quantitative estimate of drug-likeness (QED) is 0.601. The minimum atomic E-state index is -0.0218. The molecule has 0 heterocycles. The van der Waals surface area contributed by atoms with Gasteiger partial charge in [0.1, 0.15) is 0 Å². The van der Waals surface area contributed by atoms with Crippen LogP contribution in [0.25, 0.3) is 0 Å². The van der Waals surface area contributed by atoms with E-state index >= 15 is 0 Å². The van der Waals surface area contributed by atoms with Crippen LogP contribution in [-0.2, 0) is 6.42 Å². The van der Waals surface area contributed by atoms with Gasteiger partial charge in [-0.3, -0.25) is 0 Å². The van der Waals surface area contributed by atoms with Crippen molar-refractivity contribution < 1.29 is 0 Å². The van der Waals surface area contributed by atoms with Crippen molar-refractivity contribution in [2.75, 3.05) is 0 Å². The molecule has 0 saturated carbocycles. The highest BCUT2D eigenvalue weighted by Crippen LogP contribution is 2.32. The Balaban J connectivity index is 2.30. The van der Waals surface area contributed by atoms with Crippen LogP contribution >= 0.6 is 23.2 Å². The maximum atomic E-state index is 6.65. The summed E-state index contributed by atoms with van der Waals surface area (Å²) in [6.45, 7) is 8.34. The summed E-state index contributed by atoms with van der Waals surface area (Å²) in [5.41, 5.74) is 7.30. The first kappa shape index (κ1) is 15.4. The molecule has 0 aliphatic rings. The van der Waals surface area contributed by atoms with Gasteiger partial charge in [-0.15, -0.1) is 11.6 Å². The molecule has 0 aliphatic heterocycles. The third kappa shape index (κ3) is 3.37. The molecule has 2 aromatic rings. The van der Waals surface area contributed by atoms with Crippen molar-refractivity contribution in [1.82, 2.24) is 0 Å². The molecular weight excluding hydrogens is 287 g/mol. The van der Waals surface area contributed by atoms with Gasteiger partial charge in [0, 0.05) is 5.02 Å². The van der Waals surface area contributed by atoms with Crippen LogP contribution in [-0.4, -0.2) is 0 Å². The number of halogens is 2. The van der Waals surface area contributed by atoms with E-state index < -0.39 is 0 Å². The summed E-state index contributed by atoms with van der Waals surface area (Å²) in [5.74, 6) is 0. The Morgan fingerprint density at radius 3 is 2.30 bits per heavy atom. The lowest BCUT2D eigenvalue weighted by Crippen LogP contribution is -2.01. The van der Waals surface area contributed by atoms with Crippen LogP contribution in [0.4, 0.5) is 0 Å². The van der Waals surface area contributed by atoms with Crippen molar-refractivity contribution in [2.45, 2.75) is 39.5 Å². The Labute approximate surface area is 131 Å². The number of rotatable bonds is 3. The van der Waals surface area contributed by atoms with Crippen LogP contribution in [0.1, 0.15) is 38.8 Å². The molecule has 0 radical (unpaired) electrons. The number of hydrogen-bond donors (Lipinski definition) is 0. The molecule has 0 nitrogen and oxygen atoms in total. The van der Waals surface area contributed by atoms with E-state index in [0.29, 0.717) is 0 Å². The zero-order valence-corrected chi connectivity index (χ0v) is 13.9. The SMILES string of the molecule is Cc1ccc(C)c(CC(Cl)c2cc(C)c(Cl)cc2C)c1. The molecule has 1 atom stereocenters. The molecule has 0 spiro atoms. The van der Waals surface area contributed by atoms with Crippen molar-refractivity contribution >= 4 is 23.2 Å². The normalized spacial score (nSPS) is 12.5. The molecule has 0 saturated heterocycles. The van der Waals surface area contributed by atoms with Crippen LogP contribution in [0.3, 0.4) is 0 Å². The minimum absolute atomic E-state index is 0.0218. The van der Waals surface area contributed by atoms with E-state index in [1.165, 1.54) is 22.3 Å². The zero-order valence-electron chi connectivity index (χ0n) is 12.4. The molecular formula is C18H20Cl2. The Morgan fingerprint density at radius 2 is 1.60 bits per heavy atom. The van der Waals surface area contributed by atoms with Crippen molar-refractivity contribution in [2.24, 2.45) is 0 Å². The maximum Gasteiger partial charge on any atom is 0.0628 e. The van der Waals surface area contributed by atoms with E-state index in [4.69, 9.17) is 23.2 Å². The number of aryl methyl sites for hydroxylation is 4. The second kappa shape index (κ2) is 6.20. The fraction of sp³-hybridized carbons (Fsp3) is 0.333. The molecule has 0 aromatic heterocycles. The highest BCUT2D eigenvalue weighted by atomic mass is 35.5. The van der Waals surface area contributed by atoms with Crippen molar-refractivity contribution in [3.05, 3.63) is 68.7 Å². The Bertz CT molecular complexity index is 630. The predicted molar refractivity (Wildman–Crippen MR) is 89.1 cm³/mol. The first-order valence-electron chi connectivity index (χ1n) is 6.85. The molecule has 2 rings (SSSR count). The van der Waals surface area contributed by atoms with Gasteiger partial charge in [0.15, 0.2) is 0 Å². The molecule has 106 valence electrons. The summed E-state index contributed by atoms with van der Waals surface area (Å²) in [6.07, 6.45) is 0.844. The first-order chi connectivity index (χ1) is 9.38. The smallest absolute Gasteiger partial charge is 0.0628 e. The summed E-state index contributed by atoms with van der Waals surface area (Å²) < 4.78 is 0. The Hall–Kier alpha value is -0.980. The summed E-state index contributed by atoms with van der Waals surface area (Å²) in [7, 11) is 0. The number of hydrogen-bond acceptors (Lipinski definition) is 0. The van der Waals surface area contributed by atoms with Crippen LogP contribution in [0.5, 0.6) is 0 Å². The van der Waals surface area contributed by atoms with Crippen molar-refractivity contribution in [3.63, 3.8) is 0 Å². The standard InChI is InChI=1S/C18H20Cl2/c1-11-5-6-12(2)15(7-11)10-18(20)16-8-14(4)17(19)9-13(16)3/h5-9,18H,10H2,1-4H3. The average Bonchev–Trinajstić information content (AvgIpc) is 2.38. The highest BCUT2D eigenvalue weighted by molar-refractivity contribution is 6.31. The molecule has 2 heteroatoms. The van der Waals surface area contributed by atoms with E-state index in [9.17, 15) is 0 Å². The van der Waals surface area contributed by atoms with Crippen LogP contribution in [0, 0.1) is 27.7 Å². The van der Waals surface area contributed by atoms with Gasteiger partial charge >= 0.3 is 0 Å². The highest BCUT2D eigenvalue weighted by Gasteiger charge is 2.14. The Morgan fingerprint density at radius 1 is 0.900 bits per heavy atom.